The lowest BCUT2D eigenvalue weighted by Crippen LogP contribution is -2.24. The Morgan fingerprint density at radius 1 is 1.40 bits per heavy atom. The Labute approximate surface area is 93.8 Å². The van der Waals surface area contributed by atoms with Crippen LogP contribution in [0, 0.1) is 5.82 Å². The minimum atomic E-state index is -2.54. The van der Waals surface area contributed by atoms with Crippen LogP contribution in [0.1, 0.15) is 6.92 Å². The third-order valence-corrected chi connectivity index (χ3v) is 2.31. The molecule has 1 aromatic carbocycles. The van der Waals surface area contributed by atoms with Crippen molar-refractivity contribution in [3.63, 3.8) is 0 Å². The van der Waals surface area contributed by atoms with Crippen molar-refractivity contribution in [3.05, 3.63) is 22.4 Å². The summed E-state index contributed by atoms with van der Waals surface area (Å²) >= 11 is 3.05. The van der Waals surface area contributed by atoms with Gasteiger partial charge in [0.1, 0.15) is 5.82 Å². The van der Waals surface area contributed by atoms with Gasteiger partial charge in [0.05, 0.1) is 17.4 Å². The zero-order chi connectivity index (χ0) is 11.6. The predicted octanol–water partition coefficient (Wildman–Crippen LogP) is 3.24. The number of rotatable bonds is 3. The van der Waals surface area contributed by atoms with Gasteiger partial charge in [0.25, 0.3) is 6.43 Å². The molecule has 0 saturated carbocycles. The van der Waals surface area contributed by atoms with Gasteiger partial charge in [-0.2, -0.15) is 0 Å². The van der Waals surface area contributed by atoms with Crippen LogP contribution in [0.25, 0.3) is 0 Å². The van der Waals surface area contributed by atoms with Crippen molar-refractivity contribution in [3.8, 4) is 0 Å². The summed E-state index contributed by atoms with van der Waals surface area (Å²) < 4.78 is 38.0. The molecule has 3 N–H and O–H groups in total. The lowest BCUT2D eigenvalue weighted by atomic mass is 10.2. The number of nitrogens with one attached hydrogen (secondary N) is 1. The zero-order valence-corrected chi connectivity index (χ0v) is 9.48. The maximum Gasteiger partial charge on any atom is 0.258 e. The molecule has 0 aliphatic rings. The van der Waals surface area contributed by atoms with E-state index in [2.05, 4.69) is 21.2 Å². The van der Waals surface area contributed by atoms with Crippen molar-refractivity contribution in [1.29, 1.82) is 0 Å². The first-order valence-electron chi connectivity index (χ1n) is 4.21. The average molecular weight is 283 g/mol. The van der Waals surface area contributed by atoms with Crippen LogP contribution in [-0.4, -0.2) is 12.5 Å². The maximum atomic E-state index is 13.1. The van der Waals surface area contributed by atoms with Crippen molar-refractivity contribution in [2.24, 2.45) is 0 Å². The monoisotopic (exact) mass is 282 g/mol. The molecule has 1 aromatic rings. The lowest BCUT2D eigenvalue weighted by Gasteiger charge is -2.16. The van der Waals surface area contributed by atoms with Gasteiger partial charge < -0.3 is 11.1 Å². The van der Waals surface area contributed by atoms with Crippen LogP contribution in [0.3, 0.4) is 0 Å². The Bertz CT molecular complexity index is 357. The van der Waals surface area contributed by atoms with Crippen molar-refractivity contribution >= 4 is 27.3 Å². The van der Waals surface area contributed by atoms with Crippen LogP contribution in [0.4, 0.5) is 24.5 Å². The number of anilines is 2. The first kappa shape index (κ1) is 12.2. The second kappa shape index (κ2) is 4.74. The molecule has 84 valence electrons. The Morgan fingerprint density at radius 2 is 2.00 bits per heavy atom. The van der Waals surface area contributed by atoms with E-state index in [0.717, 1.165) is 0 Å². The van der Waals surface area contributed by atoms with Gasteiger partial charge >= 0.3 is 0 Å². The quantitative estimate of drug-likeness (QED) is 0.836. The van der Waals surface area contributed by atoms with E-state index in [0.29, 0.717) is 4.47 Å². The molecule has 0 bridgehead atoms. The van der Waals surface area contributed by atoms with Gasteiger partial charge in [-0.15, -0.1) is 0 Å². The Kier molecular flexibility index (Phi) is 3.84. The summed E-state index contributed by atoms with van der Waals surface area (Å²) in [6.45, 7) is 1.29. The standard InChI is InChI=1S/C9H10BrF3N2/c1-4(9(12)13)15-7-3-5(10)2-6(11)8(7)14/h2-4,9,15H,14H2,1H3. The number of benzene rings is 1. The molecule has 0 saturated heterocycles. The molecule has 0 aliphatic heterocycles. The molecule has 0 heterocycles. The summed E-state index contributed by atoms with van der Waals surface area (Å²) in [7, 11) is 0. The van der Waals surface area contributed by atoms with Gasteiger partial charge in [0.2, 0.25) is 0 Å². The molecule has 0 amide bonds. The SMILES string of the molecule is CC(Nc1cc(Br)cc(F)c1N)C(F)F. The fraction of sp³-hybridized carbons (Fsp3) is 0.333. The molecule has 0 radical (unpaired) electrons. The van der Waals surface area contributed by atoms with E-state index in [4.69, 9.17) is 5.73 Å². The van der Waals surface area contributed by atoms with E-state index >= 15 is 0 Å². The van der Waals surface area contributed by atoms with E-state index in [9.17, 15) is 13.2 Å². The van der Waals surface area contributed by atoms with Crippen molar-refractivity contribution in [1.82, 2.24) is 0 Å². The molecule has 0 spiro atoms. The van der Waals surface area contributed by atoms with E-state index in [1.807, 2.05) is 0 Å². The highest BCUT2D eigenvalue weighted by molar-refractivity contribution is 9.10. The van der Waals surface area contributed by atoms with Crippen molar-refractivity contribution in [2.45, 2.75) is 19.4 Å². The Balaban J connectivity index is 2.94. The number of halogens is 4. The summed E-state index contributed by atoms with van der Waals surface area (Å²) in [5.41, 5.74) is 5.40. The molecule has 0 aromatic heterocycles. The van der Waals surface area contributed by atoms with Crippen LogP contribution in [0.2, 0.25) is 0 Å². The summed E-state index contributed by atoms with van der Waals surface area (Å²) in [5, 5.41) is 2.45. The molecule has 1 atom stereocenters. The number of alkyl halides is 2. The fourth-order valence-corrected chi connectivity index (χ4v) is 1.44. The second-order valence-corrected chi connectivity index (χ2v) is 4.03. The number of hydrogen-bond donors (Lipinski definition) is 2. The Hall–Kier alpha value is -0.910. The molecular formula is C9H10BrF3N2. The normalized spacial score (nSPS) is 12.9. The first-order valence-corrected chi connectivity index (χ1v) is 5.00. The summed E-state index contributed by atoms with van der Waals surface area (Å²) in [6.07, 6.45) is -2.54. The van der Waals surface area contributed by atoms with E-state index in [-0.39, 0.29) is 11.4 Å². The van der Waals surface area contributed by atoms with Gasteiger partial charge in [-0.3, -0.25) is 0 Å². The smallest absolute Gasteiger partial charge is 0.258 e. The van der Waals surface area contributed by atoms with Crippen LogP contribution in [0.5, 0.6) is 0 Å². The van der Waals surface area contributed by atoms with Crippen LogP contribution in [-0.2, 0) is 0 Å². The van der Waals surface area contributed by atoms with Gasteiger partial charge in [-0.05, 0) is 19.1 Å². The lowest BCUT2D eigenvalue weighted by molar-refractivity contribution is 0.131. The number of nitrogens with two attached hydrogens (primary N) is 1. The summed E-state index contributed by atoms with van der Waals surface area (Å²) in [6, 6.07) is 1.55. The van der Waals surface area contributed by atoms with Crippen LogP contribution < -0.4 is 11.1 Å². The third-order valence-electron chi connectivity index (χ3n) is 1.86. The Morgan fingerprint density at radius 3 is 2.53 bits per heavy atom. The minimum Gasteiger partial charge on any atom is -0.395 e. The van der Waals surface area contributed by atoms with Crippen LogP contribution in [0.15, 0.2) is 16.6 Å². The third kappa shape index (κ3) is 3.02. The molecule has 15 heavy (non-hydrogen) atoms. The van der Waals surface area contributed by atoms with Crippen molar-refractivity contribution < 1.29 is 13.2 Å². The predicted molar refractivity (Wildman–Crippen MR) is 57.6 cm³/mol. The maximum absolute atomic E-state index is 13.1. The van der Waals surface area contributed by atoms with Gasteiger partial charge in [-0.1, -0.05) is 15.9 Å². The minimum absolute atomic E-state index is 0.161. The molecule has 2 nitrogen and oxygen atoms in total. The molecular weight excluding hydrogens is 273 g/mol. The molecule has 0 aliphatic carbocycles. The molecule has 6 heteroatoms. The largest absolute Gasteiger partial charge is 0.395 e. The zero-order valence-electron chi connectivity index (χ0n) is 7.90. The van der Waals surface area contributed by atoms with Crippen molar-refractivity contribution in [2.75, 3.05) is 11.1 Å². The number of hydrogen-bond acceptors (Lipinski definition) is 2. The molecule has 1 rings (SSSR count). The van der Waals surface area contributed by atoms with Crippen LogP contribution >= 0.6 is 15.9 Å². The topological polar surface area (TPSA) is 38.0 Å². The van der Waals surface area contributed by atoms with Gasteiger partial charge in [0.15, 0.2) is 0 Å². The summed E-state index contributed by atoms with van der Waals surface area (Å²) in [5.74, 6) is -0.645. The number of nitrogen functional groups attached to an aromatic ring is 1. The highest BCUT2D eigenvalue weighted by atomic mass is 79.9. The molecule has 0 fully saturated rings. The van der Waals surface area contributed by atoms with Gasteiger partial charge in [0, 0.05) is 4.47 Å². The van der Waals surface area contributed by atoms with Gasteiger partial charge in [-0.25, -0.2) is 13.2 Å². The van der Waals surface area contributed by atoms with E-state index in [1.165, 1.54) is 19.1 Å². The van der Waals surface area contributed by atoms with E-state index in [1.54, 1.807) is 0 Å². The van der Waals surface area contributed by atoms with E-state index < -0.39 is 18.3 Å². The second-order valence-electron chi connectivity index (χ2n) is 3.12. The fourth-order valence-electron chi connectivity index (χ4n) is 1.01. The average Bonchev–Trinajstić information content (AvgIpc) is 2.13. The summed E-state index contributed by atoms with van der Waals surface area (Å²) in [4.78, 5) is 0. The highest BCUT2D eigenvalue weighted by Crippen LogP contribution is 2.27. The molecule has 1 unspecified atom stereocenters. The first-order chi connectivity index (χ1) is 6.91. The highest BCUT2D eigenvalue weighted by Gasteiger charge is 2.16.